The zero-order valence-corrected chi connectivity index (χ0v) is 9.92. The van der Waals surface area contributed by atoms with Gasteiger partial charge in [-0.1, -0.05) is 6.92 Å². The second-order valence-electron chi connectivity index (χ2n) is 3.78. The normalized spacial score (nSPS) is 10.5. The second-order valence-corrected chi connectivity index (χ2v) is 3.78. The lowest BCUT2D eigenvalue weighted by Gasteiger charge is -1.99. The highest BCUT2D eigenvalue weighted by molar-refractivity contribution is 5.93. The maximum Gasteiger partial charge on any atom is 0.205 e. The predicted molar refractivity (Wildman–Crippen MR) is 62.7 cm³/mol. The fraction of sp³-hybridized carbons (Fsp3) is 0.333. The van der Waals surface area contributed by atoms with E-state index < -0.39 is 0 Å². The molecule has 0 saturated carbocycles. The fourth-order valence-electron chi connectivity index (χ4n) is 1.60. The molecule has 2 aromatic heterocycles. The van der Waals surface area contributed by atoms with E-state index in [1.54, 1.807) is 23.1 Å². The third kappa shape index (κ3) is 2.55. The van der Waals surface area contributed by atoms with E-state index in [9.17, 15) is 4.79 Å². The number of carbonyl (C=O) groups excluding carboxylic acids is 1. The molecule has 17 heavy (non-hydrogen) atoms. The van der Waals surface area contributed by atoms with Crippen LogP contribution >= 0.6 is 0 Å². The second kappa shape index (κ2) is 4.86. The van der Waals surface area contributed by atoms with Gasteiger partial charge in [0.15, 0.2) is 5.82 Å². The van der Waals surface area contributed by atoms with Gasteiger partial charge in [-0.15, -0.1) is 0 Å². The number of aryl methyl sites for hydroxylation is 2. The first-order chi connectivity index (χ1) is 8.20. The van der Waals surface area contributed by atoms with Crippen LogP contribution in [-0.4, -0.2) is 25.5 Å². The van der Waals surface area contributed by atoms with Crippen LogP contribution in [0.2, 0.25) is 0 Å². The Morgan fingerprint density at radius 2 is 2.06 bits per heavy atom. The quantitative estimate of drug-likeness (QED) is 0.740. The molecule has 2 aromatic rings. The van der Waals surface area contributed by atoms with E-state index >= 15 is 0 Å². The zero-order valence-electron chi connectivity index (χ0n) is 9.92. The average Bonchev–Trinajstić information content (AvgIpc) is 2.71. The van der Waals surface area contributed by atoms with Crippen LogP contribution in [0.1, 0.15) is 28.9 Å². The van der Waals surface area contributed by atoms with Gasteiger partial charge in [0.2, 0.25) is 5.78 Å². The first-order valence-corrected chi connectivity index (χ1v) is 5.52. The number of hydrogen-bond acceptors (Lipinski definition) is 4. The van der Waals surface area contributed by atoms with Crippen LogP contribution in [-0.2, 0) is 19.9 Å². The minimum absolute atomic E-state index is 0.0868. The van der Waals surface area contributed by atoms with Gasteiger partial charge in [-0.25, -0.2) is 9.97 Å². The number of ketones is 1. The van der Waals surface area contributed by atoms with Crippen molar-refractivity contribution in [2.75, 3.05) is 0 Å². The Labute approximate surface area is 99.5 Å². The van der Waals surface area contributed by atoms with Gasteiger partial charge in [0.05, 0.1) is 12.1 Å². The summed E-state index contributed by atoms with van der Waals surface area (Å²) in [6, 6.07) is 3.64. The van der Waals surface area contributed by atoms with Crippen molar-refractivity contribution in [2.45, 2.75) is 19.8 Å². The Balaban J connectivity index is 2.16. The van der Waals surface area contributed by atoms with Crippen LogP contribution in [0.3, 0.4) is 0 Å². The summed E-state index contributed by atoms with van der Waals surface area (Å²) in [5, 5.41) is 4.30. The molecule has 0 fully saturated rings. The largest absolute Gasteiger partial charge is 0.290 e. The molecule has 0 amide bonds. The van der Waals surface area contributed by atoms with E-state index in [0.717, 1.165) is 17.8 Å². The minimum atomic E-state index is -0.0868. The van der Waals surface area contributed by atoms with Gasteiger partial charge in [-0.2, -0.15) is 5.10 Å². The summed E-state index contributed by atoms with van der Waals surface area (Å²) in [4.78, 5) is 19.8. The van der Waals surface area contributed by atoms with Crippen LogP contribution in [0.25, 0.3) is 0 Å². The number of nitrogens with zero attached hydrogens (tertiary/aromatic N) is 4. The molecule has 0 unspecified atom stereocenters. The summed E-state index contributed by atoms with van der Waals surface area (Å²) >= 11 is 0. The third-order valence-electron chi connectivity index (χ3n) is 2.55. The smallest absolute Gasteiger partial charge is 0.205 e. The highest BCUT2D eigenvalue weighted by Crippen LogP contribution is 2.07. The molecule has 0 aliphatic rings. The standard InChI is InChI=1S/C12H14N4O/c1-3-9-7-10(16(2)15-9)8-11(17)12-13-5-4-6-14-12/h4-7H,3,8H2,1-2H3. The van der Waals surface area contributed by atoms with E-state index in [4.69, 9.17) is 0 Å². The summed E-state index contributed by atoms with van der Waals surface area (Å²) in [6.07, 6.45) is 4.29. The molecule has 0 radical (unpaired) electrons. The SMILES string of the molecule is CCc1cc(CC(=O)c2ncccn2)n(C)n1. The lowest BCUT2D eigenvalue weighted by Crippen LogP contribution is -2.10. The molecule has 88 valence electrons. The van der Waals surface area contributed by atoms with Crippen molar-refractivity contribution in [1.29, 1.82) is 0 Å². The topological polar surface area (TPSA) is 60.7 Å². The monoisotopic (exact) mass is 230 g/mol. The molecule has 0 bridgehead atoms. The molecule has 0 spiro atoms. The van der Waals surface area contributed by atoms with Crippen LogP contribution < -0.4 is 0 Å². The molecule has 0 aliphatic carbocycles. The van der Waals surface area contributed by atoms with Crippen molar-refractivity contribution in [2.24, 2.45) is 7.05 Å². The molecular weight excluding hydrogens is 216 g/mol. The Bertz CT molecular complexity index is 519. The highest BCUT2D eigenvalue weighted by atomic mass is 16.1. The van der Waals surface area contributed by atoms with Gasteiger partial charge < -0.3 is 0 Å². The van der Waals surface area contributed by atoms with Gasteiger partial charge in [0.25, 0.3) is 0 Å². The molecule has 0 saturated heterocycles. The fourth-order valence-corrected chi connectivity index (χ4v) is 1.60. The summed E-state index contributed by atoms with van der Waals surface area (Å²) < 4.78 is 1.74. The van der Waals surface area contributed by atoms with Crippen LogP contribution in [0.5, 0.6) is 0 Å². The van der Waals surface area contributed by atoms with E-state index in [2.05, 4.69) is 15.1 Å². The van der Waals surface area contributed by atoms with Crippen LogP contribution in [0, 0.1) is 0 Å². The molecule has 5 nitrogen and oxygen atoms in total. The van der Waals surface area contributed by atoms with Crippen molar-refractivity contribution in [3.8, 4) is 0 Å². The molecule has 0 atom stereocenters. The lowest BCUT2D eigenvalue weighted by molar-refractivity contribution is 0.0980. The molecule has 5 heteroatoms. The number of aromatic nitrogens is 4. The number of Topliss-reactive ketones (excluding diaryl/α,β-unsaturated/α-hetero) is 1. The summed E-state index contributed by atoms with van der Waals surface area (Å²) in [5.74, 6) is 0.169. The first kappa shape index (κ1) is 11.4. The molecular formula is C12H14N4O. The minimum Gasteiger partial charge on any atom is -0.290 e. The van der Waals surface area contributed by atoms with Gasteiger partial charge in [-0.3, -0.25) is 9.48 Å². The van der Waals surface area contributed by atoms with Crippen molar-refractivity contribution < 1.29 is 4.79 Å². The highest BCUT2D eigenvalue weighted by Gasteiger charge is 2.13. The molecule has 2 rings (SSSR count). The van der Waals surface area contributed by atoms with E-state index in [1.807, 2.05) is 20.0 Å². The number of rotatable bonds is 4. The Kier molecular flexibility index (Phi) is 3.27. The van der Waals surface area contributed by atoms with Gasteiger partial charge in [0, 0.05) is 25.1 Å². The zero-order chi connectivity index (χ0) is 12.3. The molecule has 0 aromatic carbocycles. The predicted octanol–water partition coefficient (Wildman–Crippen LogP) is 1.20. The van der Waals surface area contributed by atoms with Crippen molar-refractivity contribution in [3.63, 3.8) is 0 Å². The Morgan fingerprint density at radius 1 is 1.35 bits per heavy atom. The molecule has 0 aliphatic heterocycles. The molecule has 2 heterocycles. The van der Waals surface area contributed by atoms with E-state index in [-0.39, 0.29) is 18.0 Å². The van der Waals surface area contributed by atoms with E-state index in [1.165, 1.54) is 0 Å². The van der Waals surface area contributed by atoms with Gasteiger partial charge in [-0.05, 0) is 18.6 Å². The average molecular weight is 230 g/mol. The summed E-state index contributed by atoms with van der Waals surface area (Å²) in [7, 11) is 1.84. The Morgan fingerprint density at radius 3 is 2.65 bits per heavy atom. The van der Waals surface area contributed by atoms with Crippen molar-refractivity contribution in [1.82, 2.24) is 19.7 Å². The van der Waals surface area contributed by atoms with Crippen LogP contribution in [0.15, 0.2) is 24.5 Å². The Hall–Kier alpha value is -2.04. The first-order valence-electron chi connectivity index (χ1n) is 5.52. The third-order valence-corrected chi connectivity index (χ3v) is 2.55. The maximum atomic E-state index is 11.9. The van der Waals surface area contributed by atoms with Crippen molar-refractivity contribution in [3.05, 3.63) is 41.7 Å². The lowest BCUT2D eigenvalue weighted by atomic mass is 10.2. The van der Waals surface area contributed by atoms with E-state index in [0.29, 0.717) is 0 Å². The van der Waals surface area contributed by atoms with Gasteiger partial charge in [0.1, 0.15) is 0 Å². The van der Waals surface area contributed by atoms with Crippen LogP contribution in [0.4, 0.5) is 0 Å². The maximum absolute atomic E-state index is 11.9. The summed E-state index contributed by atoms with van der Waals surface area (Å²) in [5.41, 5.74) is 1.88. The molecule has 0 N–H and O–H groups in total. The number of hydrogen-bond donors (Lipinski definition) is 0. The van der Waals surface area contributed by atoms with Crippen molar-refractivity contribution >= 4 is 5.78 Å². The van der Waals surface area contributed by atoms with Gasteiger partial charge >= 0.3 is 0 Å². The number of carbonyl (C=O) groups is 1. The summed E-state index contributed by atoms with van der Waals surface area (Å²) in [6.45, 7) is 2.04.